The second-order valence-electron chi connectivity index (χ2n) is 6.40. The minimum absolute atomic E-state index is 0.0256. The predicted octanol–water partition coefficient (Wildman–Crippen LogP) is 3.85. The van der Waals surface area contributed by atoms with Crippen LogP contribution in [0.2, 0.25) is 5.02 Å². The highest BCUT2D eigenvalue weighted by molar-refractivity contribution is 7.83. The highest BCUT2D eigenvalue weighted by Crippen LogP contribution is 2.25. The molecule has 22 heavy (non-hydrogen) atoms. The molecule has 120 valence electrons. The van der Waals surface area contributed by atoms with Crippen molar-refractivity contribution in [3.8, 4) is 0 Å². The van der Waals surface area contributed by atoms with Crippen LogP contribution in [0.3, 0.4) is 0 Å². The SMILES string of the molecule is C[S@](=O)Cc1cc(NCc2cn[nH]c2C(C)(C)C)ccc1Cl. The van der Waals surface area contributed by atoms with Gasteiger partial charge in [-0.2, -0.15) is 5.10 Å². The molecule has 0 radical (unpaired) electrons. The van der Waals surface area contributed by atoms with Crippen molar-refractivity contribution < 1.29 is 4.21 Å². The molecule has 0 amide bonds. The van der Waals surface area contributed by atoms with Gasteiger partial charge in [-0.3, -0.25) is 9.31 Å². The van der Waals surface area contributed by atoms with Crippen molar-refractivity contribution in [1.82, 2.24) is 10.2 Å². The summed E-state index contributed by atoms with van der Waals surface area (Å²) in [6, 6.07) is 5.73. The van der Waals surface area contributed by atoms with Crippen LogP contribution in [0.15, 0.2) is 24.4 Å². The van der Waals surface area contributed by atoms with Crippen molar-refractivity contribution in [2.45, 2.75) is 38.5 Å². The number of halogens is 1. The van der Waals surface area contributed by atoms with Crippen LogP contribution in [0.4, 0.5) is 5.69 Å². The van der Waals surface area contributed by atoms with Gasteiger partial charge in [0.25, 0.3) is 0 Å². The van der Waals surface area contributed by atoms with E-state index in [1.54, 1.807) is 6.26 Å². The Morgan fingerprint density at radius 2 is 2.05 bits per heavy atom. The van der Waals surface area contributed by atoms with E-state index in [1.807, 2.05) is 24.4 Å². The monoisotopic (exact) mass is 339 g/mol. The maximum atomic E-state index is 11.4. The summed E-state index contributed by atoms with van der Waals surface area (Å²) >= 11 is 6.15. The third-order valence-corrected chi connectivity index (χ3v) is 4.44. The van der Waals surface area contributed by atoms with Crippen molar-refractivity contribution in [2.75, 3.05) is 11.6 Å². The van der Waals surface area contributed by atoms with E-state index in [9.17, 15) is 4.21 Å². The molecule has 4 nitrogen and oxygen atoms in total. The lowest BCUT2D eigenvalue weighted by Crippen LogP contribution is -2.15. The number of benzene rings is 1. The summed E-state index contributed by atoms with van der Waals surface area (Å²) < 4.78 is 11.4. The average Bonchev–Trinajstić information content (AvgIpc) is 2.87. The molecule has 0 saturated carbocycles. The summed E-state index contributed by atoms with van der Waals surface area (Å²) in [6.45, 7) is 7.14. The number of hydrogen-bond donors (Lipinski definition) is 2. The normalized spacial score (nSPS) is 13.1. The number of aromatic nitrogens is 2. The number of aromatic amines is 1. The number of nitrogens with zero attached hydrogens (tertiary/aromatic N) is 1. The molecule has 1 aromatic carbocycles. The fraction of sp³-hybridized carbons (Fsp3) is 0.438. The van der Waals surface area contributed by atoms with Crippen LogP contribution in [0.25, 0.3) is 0 Å². The summed E-state index contributed by atoms with van der Waals surface area (Å²) in [5, 5.41) is 11.3. The minimum atomic E-state index is -0.911. The number of anilines is 1. The van der Waals surface area contributed by atoms with Gasteiger partial charge in [-0.25, -0.2) is 0 Å². The maximum Gasteiger partial charge on any atom is 0.0540 e. The summed E-state index contributed by atoms with van der Waals surface area (Å²) in [4.78, 5) is 0. The predicted molar refractivity (Wildman–Crippen MR) is 93.8 cm³/mol. The Morgan fingerprint density at radius 1 is 1.32 bits per heavy atom. The molecule has 0 fully saturated rings. The van der Waals surface area contributed by atoms with E-state index < -0.39 is 10.8 Å². The molecule has 0 aliphatic heterocycles. The van der Waals surface area contributed by atoms with Gasteiger partial charge in [-0.05, 0) is 23.8 Å². The molecule has 2 N–H and O–H groups in total. The Morgan fingerprint density at radius 3 is 2.68 bits per heavy atom. The van der Waals surface area contributed by atoms with E-state index in [-0.39, 0.29) is 5.41 Å². The van der Waals surface area contributed by atoms with Crippen molar-refractivity contribution in [3.05, 3.63) is 46.2 Å². The van der Waals surface area contributed by atoms with Crippen molar-refractivity contribution >= 4 is 28.1 Å². The van der Waals surface area contributed by atoms with Crippen LogP contribution in [-0.2, 0) is 28.5 Å². The third kappa shape index (κ3) is 4.34. The van der Waals surface area contributed by atoms with Gasteiger partial charge in [-0.1, -0.05) is 32.4 Å². The lowest BCUT2D eigenvalue weighted by molar-refractivity contribution is 0.561. The molecule has 1 aromatic heterocycles. The maximum absolute atomic E-state index is 11.4. The van der Waals surface area contributed by atoms with Crippen LogP contribution in [-0.4, -0.2) is 20.7 Å². The molecule has 1 atom stereocenters. The molecule has 0 bridgehead atoms. The summed E-state index contributed by atoms with van der Waals surface area (Å²) in [7, 11) is -0.911. The zero-order valence-electron chi connectivity index (χ0n) is 13.4. The largest absolute Gasteiger partial charge is 0.381 e. The van der Waals surface area contributed by atoms with Gasteiger partial charge in [0.1, 0.15) is 0 Å². The highest BCUT2D eigenvalue weighted by Gasteiger charge is 2.19. The fourth-order valence-corrected chi connectivity index (χ4v) is 3.25. The molecule has 0 aliphatic rings. The Bertz CT molecular complexity index is 676. The van der Waals surface area contributed by atoms with Crippen molar-refractivity contribution in [1.29, 1.82) is 0 Å². The Hall–Kier alpha value is -1.33. The molecule has 0 spiro atoms. The zero-order valence-corrected chi connectivity index (χ0v) is 14.9. The Labute approximate surface area is 139 Å². The molecule has 0 aliphatic carbocycles. The molecule has 2 aromatic rings. The second-order valence-corrected chi connectivity index (χ2v) is 8.24. The standard InChI is InChI=1S/C16H22ClN3OS/c1-16(2,3)15-12(9-19-20-15)8-18-13-5-6-14(17)11(7-13)10-22(4)21/h5-7,9,18H,8,10H2,1-4H3,(H,19,20)/t22-/m0/s1. The lowest BCUT2D eigenvalue weighted by Gasteiger charge is -2.19. The summed E-state index contributed by atoms with van der Waals surface area (Å²) in [6.07, 6.45) is 3.53. The number of rotatable bonds is 5. The molecule has 0 unspecified atom stereocenters. The second kappa shape index (κ2) is 6.84. The first-order valence-electron chi connectivity index (χ1n) is 7.12. The van der Waals surface area contributed by atoms with E-state index in [1.165, 1.54) is 0 Å². The fourth-order valence-electron chi connectivity index (χ4n) is 2.31. The van der Waals surface area contributed by atoms with Crippen LogP contribution in [0, 0.1) is 0 Å². The first-order valence-corrected chi connectivity index (χ1v) is 9.23. The van der Waals surface area contributed by atoms with Crippen LogP contribution in [0.1, 0.15) is 37.6 Å². The molecule has 0 saturated heterocycles. The number of H-pyrrole nitrogens is 1. The molecular formula is C16H22ClN3OS. The van der Waals surface area contributed by atoms with E-state index >= 15 is 0 Å². The third-order valence-electron chi connectivity index (χ3n) is 3.36. The van der Waals surface area contributed by atoms with Crippen LogP contribution >= 0.6 is 11.6 Å². The van der Waals surface area contributed by atoms with Gasteiger partial charge in [-0.15, -0.1) is 0 Å². The average molecular weight is 340 g/mol. The lowest BCUT2D eigenvalue weighted by atomic mass is 9.89. The first kappa shape index (κ1) is 17.0. The Balaban J connectivity index is 2.12. The van der Waals surface area contributed by atoms with Crippen LogP contribution < -0.4 is 5.32 Å². The van der Waals surface area contributed by atoms with Gasteiger partial charge < -0.3 is 5.32 Å². The molecular weight excluding hydrogens is 318 g/mol. The van der Waals surface area contributed by atoms with Crippen LogP contribution in [0.5, 0.6) is 0 Å². The quantitative estimate of drug-likeness (QED) is 0.869. The van der Waals surface area contributed by atoms with E-state index in [4.69, 9.17) is 11.6 Å². The smallest absolute Gasteiger partial charge is 0.0540 e. The number of nitrogens with one attached hydrogen (secondary N) is 2. The highest BCUT2D eigenvalue weighted by atomic mass is 35.5. The van der Waals surface area contributed by atoms with E-state index in [0.717, 1.165) is 22.5 Å². The van der Waals surface area contributed by atoms with E-state index in [2.05, 4.69) is 36.3 Å². The van der Waals surface area contributed by atoms with Crippen molar-refractivity contribution in [3.63, 3.8) is 0 Å². The van der Waals surface area contributed by atoms with Gasteiger partial charge >= 0.3 is 0 Å². The first-order chi connectivity index (χ1) is 10.3. The minimum Gasteiger partial charge on any atom is -0.381 e. The van der Waals surface area contributed by atoms with Gasteiger partial charge in [0.15, 0.2) is 0 Å². The summed E-state index contributed by atoms with van der Waals surface area (Å²) in [5.74, 6) is 0.466. The van der Waals surface area contributed by atoms with E-state index in [0.29, 0.717) is 17.3 Å². The van der Waals surface area contributed by atoms with Gasteiger partial charge in [0.2, 0.25) is 0 Å². The topological polar surface area (TPSA) is 57.8 Å². The number of hydrogen-bond acceptors (Lipinski definition) is 3. The Kier molecular flexibility index (Phi) is 5.29. The zero-order chi connectivity index (χ0) is 16.3. The molecule has 1 heterocycles. The molecule has 2 rings (SSSR count). The van der Waals surface area contributed by atoms with Gasteiger partial charge in [0.05, 0.1) is 6.20 Å². The summed E-state index contributed by atoms with van der Waals surface area (Å²) in [5.41, 5.74) is 4.16. The van der Waals surface area contributed by atoms with Gasteiger partial charge in [0, 0.05) is 56.7 Å². The van der Waals surface area contributed by atoms with Crippen molar-refractivity contribution in [2.24, 2.45) is 0 Å². The molecule has 6 heteroatoms.